The van der Waals surface area contributed by atoms with E-state index in [2.05, 4.69) is 10.2 Å². The van der Waals surface area contributed by atoms with E-state index >= 15 is 0 Å². The second kappa shape index (κ2) is 11.7. The highest BCUT2D eigenvalue weighted by Crippen LogP contribution is 2.38. The van der Waals surface area contributed by atoms with Crippen LogP contribution in [0.1, 0.15) is 56.6 Å². The standard InChI is InChI=1S/C25H32F3N3O4/c1-3-35-24(34)23-17(2)31(16-21(32)29-11-14-30-12-5-4-6-13-30)22(33)15-20(23)18-7-9-19(10-8-18)25(26,27)28/h7-10,20H,3-6,11-16H2,1-2H3,(H,29,32). The molecule has 2 aliphatic rings. The second-order valence-corrected chi connectivity index (χ2v) is 8.83. The molecule has 2 heterocycles. The van der Waals surface area contributed by atoms with Crippen molar-refractivity contribution < 1.29 is 32.3 Å². The Morgan fingerprint density at radius 1 is 1.11 bits per heavy atom. The number of carbonyl (C=O) groups excluding carboxylic acids is 3. The number of halogens is 3. The SMILES string of the molecule is CCOC(=O)C1=C(C)N(CC(=O)NCCN2CCCCC2)C(=O)CC1c1ccc(C(F)(F)F)cc1. The van der Waals surface area contributed by atoms with Gasteiger partial charge in [-0.25, -0.2) is 4.79 Å². The quantitative estimate of drug-likeness (QED) is 0.559. The van der Waals surface area contributed by atoms with E-state index < -0.39 is 23.6 Å². The molecule has 1 N–H and O–H groups in total. The normalized spacial score (nSPS) is 19.6. The molecule has 192 valence electrons. The van der Waals surface area contributed by atoms with Crippen LogP contribution >= 0.6 is 0 Å². The van der Waals surface area contributed by atoms with Crippen molar-refractivity contribution in [2.75, 3.05) is 39.3 Å². The van der Waals surface area contributed by atoms with Gasteiger partial charge >= 0.3 is 12.1 Å². The Morgan fingerprint density at radius 2 is 1.77 bits per heavy atom. The van der Waals surface area contributed by atoms with Crippen LogP contribution in [-0.4, -0.2) is 66.9 Å². The highest BCUT2D eigenvalue weighted by Gasteiger charge is 2.38. The van der Waals surface area contributed by atoms with Gasteiger partial charge < -0.3 is 19.9 Å². The van der Waals surface area contributed by atoms with Crippen molar-refractivity contribution in [1.29, 1.82) is 0 Å². The largest absolute Gasteiger partial charge is 0.463 e. The third kappa shape index (κ3) is 6.84. The molecule has 0 aromatic heterocycles. The maximum Gasteiger partial charge on any atom is 0.416 e. The summed E-state index contributed by atoms with van der Waals surface area (Å²) < 4.78 is 44.1. The Labute approximate surface area is 203 Å². The Morgan fingerprint density at radius 3 is 2.37 bits per heavy atom. The van der Waals surface area contributed by atoms with Crippen molar-refractivity contribution >= 4 is 17.8 Å². The number of piperidine rings is 1. The number of allylic oxidation sites excluding steroid dienone is 1. The van der Waals surface area contributed by atoms with Crippen LogP contribution in [0.3, 0.4) is 0 Å². The van der Waals surface area contributed by atoms with Gasteiger partial charge in [0.25, 0.3) is 0 Å². The molecule has 10 heteroatoms. The molecule has 1 unspecified atom stereocenters. The zero-order chi connectivity index (χ0) is 25.6. The van der Waals surface area contributed by atoms with Gasteiger partial charge in [0, 0.05) is 31.1 Å². The molecule has 2 aliphatic heterocycles. The van der Waals surface area contributed by atoms with E-state index in [4.69, 9.17) is 4.74 Å². The fourth-order valence-corrected chi connectivity index (χ4v) is 4.60. The molecule has 0 saturated carbocycles. The van der Waals surface area contributed by atoms with Crippen LogP contribution in [0.5, 0.6) is 0 Å². The number of alkyl halides is 3. The molecule has 35 heavy (non-hydrogen) atoms. The van der Waals surface area contributed by atoms with Crippen LogP contribution in [0.25, 0.3) is 0 Å². The fourth-order valence-electron chi connectivity index (χ4n) is 4.60. The average Bonchev–Trinajstić information content (AvgIpc) is 2.81. The molecule has 1 fully saturated rings. The maximum atomic E-state index is 13.0. The summed E-state index contributed by atoms with van der Waals surface area (Å²) in [6.45, 7) is 6.27. The minimum Gasteiger partial charge on any atom is -0.463 e. The van der Waals surface area contributed by atoms with Crippen molar-refractivity contribution in [3.8, 4) is 0 Å². The molecule has 1 saturated heterocycles. The van der Waals surface area contributed by atoms with E-state index in [9.17, 15) is 27.6 Å². The fraction of sp³-hybridized carbons (Fsp3) is 0.560. The van der Waals surface area contributed by atoms with Crippen molar-refractivity contribution in [1.82, 2.24) is 15.1 Å². The van der Waals surface area contributed by atoms with Gasteiger partial charge in [-0.05, 0) is 57.5 Å². The van der Waals surface area contributed by atoms with Gasteiger partial charge in [-0.2, -0.15) is 13.2 Å². The predicted octanol–water partition coefficient (Wildman–Crippen LogP) is 3.46. The smallest absolute Gasteiger partial charge is 0.416 e. The van der Waals surface area contributed by atoms with Gasteiger partial charge in [-0.15, -0.1) is 0 Å². The van der Waals surface area contributed by atoms with E-state index in [1.54, 1.807) is 13.8 Å². The lowest BCUT2D eigenvalue weighted by Crippen LogP contribution is -2.45. The van der Waals surface area contributed by atoms with Crippen LogP contribution in [0.4, 0.5) is 13.2 Å². The monoisotopic (exact) mass is 495 g/mol. The molecular weight excluding hydrogens is 463 g/mol. The highest BCUT2D eigenvalue weighted by atomic mass is 19.4. The first-order valence-electron chi connectivity index (χ1n) is 12.0. The maximum absolute atomic E-state index is 13.0. The molecule has 7 nitrogen and oxygen atoms in total. The molecule has 3 rings (SSSR count). The lowest BCUT2D eigenvalue weighted by molar-refractivity contribution is -0.141. The molecule has 2 amide bonds. The summed E-state index contributed by atoms with van der Waals surface area (Å²) in [5.41, 5.74) is 0.0344. The topological polar surface area (TPSA) is 79.0 Å². The Balaban J connectivity index is 1.75. The van der Waals surface area contributed by atoms with Crippen molar-refractivity contribution in [3.63, 3.8) is 0 Å². The number of ether oxygens (including phenoxy) is 1. The zero-order valence-electron chi connectivity index (χ0n) is 20.1. The molecule has 1 aromatic rings. The summed E-state index contributed by atoms with van der Waals surface area (Å²) in [5, 5.41) is 2.83. The number of likely N-dealkylation sites (tertiary alicyclic amines) is 1. The van der Waals surface area contributed by atoms with Crippen LogP contribution in [0.2, 0.25) is 0 Å². The zero-order valence-corrected chi connectivity index (χ0v) is 20.1. The Hall–Kier alpha value is -2.88. The van der Waals surface area contributed by atoms with E-state index in [-0.39, 0.29) is 42.7 Å². The highest BCUT2D eigenvalue weighted by molar-refractivity contribution is 5.97. The molecule has 0 aliphatic carbocycles. The molecule has 1 aromatic carbocycles. The number of amides is 2. The van der Waals surface area contributed by atoms with E-state index in [1.807, 2.05) is 0 Å². The minimum atomic E-state index is -4.49. The molecule has 0 spiro atoms. The van der Waals surface area contributed by atoms with E-state index in [0.29, 0.717) is 12.1 Å². The number of esters is 1. The van der Waals surface area contributed by atoms with Gasteiger partial charge in [0.05, 0.1) is 17.7 Å². The number of benzene rings is 1. The first-order chi connectivity index (χ1) is 16.6. The van der Waals surface area contributed by atoms with Crippen molar-refractivity contribution in [2.45, 2.75) is 51.6 Å². The van der Waals surface area contributed by atoms with E-state index in [0.717, 1.165) is 44.6 Å². The van der Waals surface area contributed by atoms with Gasteiger partial charge in [0.2, 0.25) is 11.8 Å². The number of rotatable bonds is 8. The average molecular weight is 496 g/mol. The van der Waals surface area contributed by atoms with Gasteiger partial charge in [0.15, 0.2) is 0 Å². The van der Waals surface area contributed by atoms with Gasteiger partial charge in [-0.3, -0.25) is 9.59 Å². The van der Waals surface area contributed by atoms with Crippen LogP contribution in [0, 0.1) is 0 Å². The van der Waals surface area contributed by atoms with Gasteiger partial charge in [0.1, 0.15) is 6.54 Å². The van der Waals surface area contributed by atoms with Gasteiger partial charge in [-0.1, -0.05) is 18.6 Å². The Kier molecular flexibility index (Phi) is 8.93. The number of hydrogen-bond donors (Lipinski definition) is 1. The van der Waals surface area contributed by atoms with Crippen molar-refractivity contribution in [3.05, 3.63) is 46.7 Å². The lowest BCUT2D eigenvalue weighted by atomic mass is 9.83. The number of carbonyl (C=O) groups is 3. The number of nitrogens with one attached hydrogen (secondary N) is 1. The predicted molar refractivity (Wildman–Crippen MR) is 123 cm³/mol. The van der Waals surface area contributed by atoms with Crippen LogP contribution < -0.4 is 5.32 Å². The number of hydrogen-bond acceptors (Lipinski definition) is 5. The lowest BCUT2D eigenvalue weighted by Gasteiger charge is -2.34. The number of nitrogens with zero attached hydrogens (tertiary/aromatic N) is 2. The summed E-state index contributed by atoms with van der Waals surface area (Å²) in [6.07, 6.45) is -1.12. The summed E-state index contributed by atoms with van der Waals surface area (Å²) in [6, 6.07) is 4.41. The first kappa shape index (κ1) is 26.7. The third-order valence-electron chi connectivity index (χ3n) is 6.46. The molecule has 0 radical (unpaired) electrons. The summed E-state index contributed by atoms with van der Waals surface area (Å²) in [4.78, 5) is 41.9. The van der Waals surface area contributed by atoms with Crippen LogP contribution in [0.15, 0.2) is 35.5 Å². The molecule has 0 bridgehead atoms. The first-order valence-corrected chi connectivity index (χ1v) is 12.0. The van der Waals surface area contributed by atoms with Crippen LogP contribution in [-0.2, 0) is 25.3 Å². The summed E-state index contributed by atoms with van der Waals surface area (Å²) in [5.74, 6) is -2.14. The summed E-state index contributed by atoms with van der Waals surface area (Å²) in [7, 11) is 0. The second-order valence-electron chi connectivity index (χ2n) is 8.83. The van der Waals surface area contributed by atoms with Crippen molar-refractivity contribution in [2.24, 2.45) is 0 Å². The molecular formula is C25H32F3N3O4. The summed E-state index contributed by atoms with van der Waals surface area (Å²) >= 11 is 0. The van der Waals surface area contributed by atoms with E-state index in [1.165, 1.54) is 23.5 Å². The molecule has 1 atom stereocenters. The minimum absolute atomic E-state index is 0.0975. The Bertz CT molecular complexity index is 954. The third-order valence-corrected chi connectivity index (χ3v) is 6.46.